The number of piperidine rings is 1. The summed E-state index contributed by atoms with van der Waals surface area (Å²) in [5.41, 5.74) is 1.06. The zero-order chi connectivity index (χ0) is 20.2. The van der Waals surface area contributed by atoms with Gasteiger partial charge >= 0.3 is 5.97 Å². The Balaban J connectivity index is 1.85. The third-order valence-electron chi connectivity index (χ3n) is 4.45. The van der Waals surface area contributed by atoms with Crippen molar-refractivity contribution in [2.24, 2.45) is 0 Å². The number of carbonyl (C=O) groups excluding carboxylic acids is 2. The number of benzene rings is 1. The maximum absolute atomic E-state index is 12.3. The molecule has 1 aliphatic rings. The summed E-state index contributed by atoms with van der Waals surface area (Å²) in [6.07, 6.45) is 5.79. The van der Waals surface area contributed by atoms with Crippen molar-refractivity contribution in [2.45, 2.75) is 37.8 Å². The molecule has 1 amide bonds. The van der Waals surface area contributed by atoms with Crippen LogP contribution in [-0.2, 0) is 25.5 Å². The number of nitrogens with zero attached hydrogens (tertiary/aromatic N) is 1. The third kappa shape index (κ3) is 7.55. The lowest BCUT2D eigenvalue weighted by Gasteiger charge is -2.32. The van der Waals surface area contributed by atoms with Crippen molar-refractivity contribution in [1.82, 2.24) is 4.90 Å². The smallest absolute Gasteiger partial charge is 0.331 e. The van der Waals surface area contributed by atoms with E-state index in [4.69, 9.17) is 4.74 Å². The quantitative estimate of drug-likeness (QED) is 0.319. The van der Waals surface area contributed by atoms with Crippen molar-refractivity contribution < 1.29 is 24.2 Å². The number of hydrogen-bond donors (Lipinski definition) is 1. The predicted octanol–water partition coefficient (Wildman–Crippen LogP) is 1.72. The molecule has 1 N–H and O–H groups in total. The maximum Gasteiger partial charge on any atom is 0.331 e. The molecule has 2 atom stereocenters. The Bertz CT molecular complexity index is 719. The Morgan fingerprint density at radius 1 is 1.36 bits per heavy atom. The molecule has 1 unspecified atom stereocenters. The number of methoxy groups -OCH3 is 1. The molecule has 1 aromatic carbocycles. The average Bonchev–Trinajstić information content (AvgIpc) is 2.70. The van der Waals surface area contributed by atoms with Crippen LogP contribution in [0.3, 0.4) is 0 Å². The number of rotatable bonds is 8. The molecular weight excluding hydrogens is 358 g/mol. The van der Waals surface area contributed by atoms with Crippen molar-refractivity contribution in [3.8, 4) is 11.8 Å². The molecule has 150 valence electrons. The van der Waals surface area contributed by atoms with Crippen molar-refractivity contribution in [3.63, 3.8) is 0 Å². The highest BCUT2D eigenvalue weighted by Gasteiger charge is 2.25. The van der Waals surface area contributed by atoms with Gasteiger partial charge in [-0.3, -0.25) is 4.79 Å². The number of hydrogen-bond acceptors (Lipinski definition) is 5. The standard InChI is InChI=1S/C22H27NO5/c1-27-22(26)17-28-15-6-5-14-23-19(10-7-11-21(23)25)12-13-20(24)16-18-8-3-2-4-9-18/h2-4,8-9,12-13,19-20,24H,7,10-11,14-17H2,1H3/t19-,20?/m1/s1. The number of ether oxygens (including phenoxy) is 2. The molecule has 6 nitrogen and oxygen atoms in total. The van der Waals surface area contributed by atoms with Gasteiger partial charge in [0.2, 0.25) is 5.91 Å². The molecule has 1 heterocycles. The first-order valence-electron chi connectivity index (χ1n) is 9.40. The summed E-state index contributed by atoms with van der Waals surface area (Å²) < 4.78 is 9.54. The van der Waals surface area contributed by atoms with Gasteiger partial charge in [-0.1, -0.05) is 54.3 Å². The second-order valence-corrected chi connectivity index (χ2v) is 6.55. The van der Waals surface area contributed by atoms with Crippen molar-refractivity contribution in [1.29, 1.82) is 0 Å². The number of amides is 1. The summed E-state index contributed by atoms with van der Waals surface area (Å²) >= 11 is 0. The summed E-state index contributed by atoms with van der Waals surface area (Å²) in [4.78, 5) is 24.9. The molecule has 1 fully saturated rings. The summed E-state index contributed by atoms with van der Waals surface area (Å²) in [6, 6.07) is 9.72. The van der Waals surface area contributed by atoms with Gasteiger partial charge in [-0.25, -0.2) is 4.79 Å². The van der Waals surface area contributed by atoms with E-state index in [2.05, 4.69) is 16.6 Å². The summed E-state index contributed by atoms with van der Waals surface area (Å²) in [5.74, 6) is 5.33. The van der Waals surface area contributed by atoms with Crippen LogP contribution in [0.5, 0.6) is 0 Å². The molecule has 6 heteroatoms. The van der Waals surface area contributed by atoms with E-state index < -0.39 is 12.1 Å². The highest BCUT2D eigenvalue weighted by molar-refractivity contribution is 5.78. The first-order chi connectivity index (χ1) is 13.6. The second-order valence-electron chi connectivity index (χ2n) is 6.55. The van der Waals surface area contributed by atoms with Gasteiger partial charge in [-0.05, 0) is 18.4 Å². The molecule has 1 saturated heterocycles. The normalized spacial score (nSPS) is 17.9. The van der Waals surface area contributed by atoms with Crippen molar-refractivity contribution in [2.75, 3.05) is 26.9 Å². The fraction of sp³-hybridized carbons (Fsp3) is 0.455. The lowest BCUT2D eigenvalue weighted by atomic mass is 9.99. The van der Waals surface area contributed by atoms with Crippen molar-refractivity contribution in [3.05, 3.63) is 48.0 Å². The van der Waals surface area contributed by atoms with E-state index in [1.165, 1.54) is 7.11 Å². The molecule has 2 rings (SSSR count). The van der Waals surface area contributed by atoms with Crippen LogP contribution in [-0.4, -0.2) is 60.9 Å². The average molecular weight is 385 g/mol. The van der Waals surface area contributed by atoms with Gasteiger partial charge in [0.05, 0.1) is 25.8 Å². The maximum atomic E-state index is 12.3. The molecule has 1 aromatic rings. The Morgan fingerprint density at radius 2 is 2.14 bits per heavy atom. The molecule has 0 radical (unpaired) electrons. The molecule has 0 aliphatic carbocycles. The fourth-order valence-corrected chi connectivity index (χ4v) is 2.97. The SMILES string of the molecule is COC(=O)COCC#CCN1C(=O)CCC[C@@H]1C=CC(O)Cc1ccccc1. The molecule has 0 bridgehead atoms. The zero-order valence-corrected chi connectivity index (χ0v) is 16.2. The number of aliphatic hydroxyl groups excluding tert-OH is 1. The largest absolute Gasteiger partial charge is 0.467 e. The Morgan fingerprint density at radius 3 is 2.89 bits per heavy atom. The van der Waals surface area contributed by atoms with E-state index in [-0.39, 0.29) is 25.2 Å². The summed E-state index contributed by atoms with van der Waals surface area (Å²) in [6.45, 7) is 0.260. The summed E-state index contributed by atoms with van der Waals surface area (Å²) in [7, 11) is 1.30. The van der Waals surface area contributed by atoms with E-state index in [0.29, 0.717) is 19.4 Å². The molecular formula is C22H27NO5. The van der Waals surface area contributed by atoms with Gasteiger partial charge < -0.3 is 19.5 Å². The lowest BCUT2D eigenvalue weighted by molar-refractivity contribution is -0.145. The number of aliphatic hydroxyl groups is 1. The minimum atomic E-state index is -0.598. The minimum absolute atomic E-state index is 0.0585. The van der Waals surface area contributed by atoms with Gasteiger partial charge in [0.1, 0.15) is 13.2 Å². The molecule has 0 saturated carbocycles. The molecule has 28 heavy (non-hydrogen) atoms. The topological polar surface area (TPSA) is 76.1 Å². The Hall–Kier alpha value is -2.62. The molecule has 0 spiro atoms. The van der Waals surface area contributed by atoms with E-state index in [0.717, 1.165) is 18.4 Å². The highest BCUT2D eigenvalue weighted by Crippen LogP contribution is 2.19. The molecule has 0 aromatic heterocycles. The van der Waals surface area contributed by atoms with E-state index >= 15 is 0 Å². The Kier molecular flexibility index (Phi) is 9.26. The first kappa shape index (κ1) is 21.7. The van der Waals surface area contributed by atoms with Crippen LogP contribution in [0.2, 0.25) is 0 Å². The van der Waals surface area contributed by atoms with E-state index in [1.54, 1.807) is 11.0 Å². The van der Waals surface area contributed by atoms with Crippen LogP contribution < -0.4 is 0 Å². The molecule has 1 aliphatic heterocycles. The third-order valence-corrected chi connectivity index (χ3v) is 4.45. The van der Waals surface area contributed by atoms with Gasteiger partial charge in [0, 0.05) is 12.8 Å². The van der Waals surface area contributed by atoms with Crippen molar-refractivity contribution >= 4 is 11.9 Å². The first-order valence-corrected chi connectivity index (χ1v) is 9.40. The van der Waals surface area contributed by atoms with E-state index in [9.17, 15) is 14.7 Å². The minimum Gasteiger partial charge on any atom is -0.467 e. The van der Waals surface area contributed by atoms with Crippen LogP contribution in [0, 0.1) is 11.8 Å². The van der Waals surface area contributed by atoms with Crippen LogP contribution in [0.4, 0.5) is 0 Å². The zero-order valence-electron chi connectivity index (χ0n) is 16.2. The van der Waals surface area contributed by atoms with Crippen LogP contribution >= 0.6 is 0 Å². The number of carbonyl (C=O) groups is 2. The van der Waals surface area contributed by atoms with Gasteiger partial charge in [0.15, 0.2) is 0 Å². The van der Waals surface area contributed by atoms with E-state index in [1.807, 2.05) is 36.4 Å². The second kappa shape index (κ2) is 12.0. The Labute approximate surface area is 166 Å². The van der Waals surface area contributed by atoms with Gasteiger partial charge in [-0.15, -0.1) is 0 Å². The highest BCUT2D eigenvalue weighted by atomic mass is 16.6. The van der Waals surface area contributed by atoms with Crippen LogP contribution in [0.15, 0.2) is 42.5 Å². The van der Waals surface area contributed by atoms with Gasteiger partial charge in [-0.2, -0.15) is 0 Å². The lowest BCUT2D eigenvalue weighted by Crippen LogP contribution is -2.42. The number of esters is 1. The predicted molar refractivity (Wildman–Crippen MR) is 105 cm³/mol. The van der Waals surface area contributed by atoms with Crippen LogP contribution in [0.25, 0.3) is 0 Å². The van der Waals surface area contributed by atoms with Crippen LogP contribution in [0.1, 0.15) is 24.8 Å². The number of likely N-dealkylation sites (tertiary alicyclic amines) is 1. The van der Waals surface area contributed by atoms with Gasteiger partial charge in [0.25, 0.3) is 0 Å². The monoisotopic (exact) mass is 385 g/mol. The fourth-order valence-electron chi connectivity index (χ4n) is 2.97. The summed E-state index contributed by atoms with van der Waals surface area (Å²) in [5, 5.41) is 10.3.